The number of hydrogen-bond donors (Lipinski definition) is 0. The number of nitrogens with zero attached hydrogens (tertiary/aromatic N) is 2. The lowest BCUT2D eigenvalue weighted by atomic mass is 10.1. The van der Waals surface area contributed by atoms with E-state index in [9.17, 15) is 0 Å². The molecule has 7 heteroatoms. The summed E-state index contributed by atoms with van der Waals surface area (Å²) in [5.74, 6) is 2.76. The fourth-order valence-electron chi connectivity index (χ4n) is 2.44. The number of halogens is 1. The molecule has 0 radical (unpaired) electrons. The van der Waals surface area contributed by atoms with Gasteiger partial charge < -0.3 is 13.9 Å². The van der Waals surface area contributed by atoms with Crippen LogP contribution in [0.5, 0.6) is 11.5 Å². The van der Waals surface area contributed by atoms with Crippen molar-refractivity contribution in [1.29, 1.82) is 0 Å². The van der Waals surface area contributed by atoms with Crippen molar-refractivity contribution in [2.45, 2.75) is 17.9 Å². The van der Waals surface area contributed by atoms with Gasteiger partial charge in [-0.3, -0.25) is 0 Å². The molecule has 0 fully saturated rings. The third kappa shape index (κ3) is 3.67. The van der Waals surface area contributed by atoms with Crippen molar-refractivity contribution in [3.05, 3.63) is 52.0 Å². The molecule has 0 spiro atoms. The monoisotopic (exact) mass is 418 g/mol. The first-order valence-corrected chi connectivity index (χ1v) is 9.58. The lowest BCUT2D eigenvalue weighted by Crippen LogP contribution is -2.15. The summed E-state index contributed by atoms with van der Waals surface area (Å²) < 4.78 is 17.9. The van der Waals surface area contributed by atoms with E-state index >= 15 is 0 Å². The third-order valence-electron chi connectivity index (χ3n) is 3.77. The van der Waals surface area contributed by atoms with Gasteiger partial charge >= 0.3 is 0 Å². The molecule has 0 N–H and O–H groups in total. The average Bonchev–Trinajstić information content (AvgIpc) is 3.09. The molecule has 5 nitrogen and oxygen atoms in total. The van der Waals surface area contributed by atoms with E-state index < -0.39 is 0 Å². The van der Waals surface area contributed by atoms with Crippen molar-refractivity contribution >= 4 is 27.7 Å². The van der Waals surface area contributed by atoms with Crippen LogP contribution in [-0.2, 0) is 5.75 Å². The zero-order valence-electron chi connectivity index (χ0n) is 13.5. The van der Waals surface area contributed by atoms with Crippen LogP contribution in [0.4, 0.5) is 0 Å². The highest BCUT2D eigenvalue weighted by atomic mass is 79.9. The van der Waals surface area contributed by atoms with Crippen molar-refractivity contribution in [3.63, 3.8) is 0 Å². The van der Waals surface area contributed by atoms with Gasteiger partial charge in [-0.25, -0.2) is 0 Å². The maximum atomic E-state index is 5.75. The van der Waals surface area contributed by atoms with Gasteiger partial charge in [0.2, 0.25) is 5.89 Å². The molecule has 25 heavy (non-hydrogen) atoms. The molecule has 128 valence electrons. The van der Waals surface area contributed by atoms with Gasteiger partial charge in [-0.1, -0.05) is 45.4 Å². The highest BCUT2D eigenvalue weighted by Crippen LogP contribution is 2.37. The van der Waals surface area contributed by atoms with Crippen molar-refractivity contribution in [1.82, 2.24) is 10.2 Å². The van der Waals surface area contributed by atoms with E-state index in [0.29, 0.717) is 30.1 Å². The van der Waals surface area contributed by atoms with E-state index in [2.05, 4.69) is 26.1 Å². The number of fused-ring (bicyclic) bond motifs is 1. The Kier molecular flexibility index (Phi) is 4.67. The van der Waals surface area contributed by atoms with Gasteiger partial charge in [0, 0.05) is 15.8 Å². The largest absolute Gasteiger partial charge is 0.486 e. The Balaban J connectivity index is 1.48. The number of hydrogen-bond acceptors (Lipinski definition) is 6. The molecule has 3 aromatic rings. The topological polar surface area (TPSA) is 57.4 Å². The summed E-state index contributed by atoms with van der Waals surface area (Å²) in [6.07, 6.45) is 0. The summed E-state index contributed by atoms with van der Waals surface area (Å²) in [4.78, 5) is 0. The van der Waals surface area contributed by atoms with Gasteiger partial charge in [0.05, 0.1) is 0 Å². The number of thioether (sulfide) groups is 1. The zero-order chi connectivity index (χ0) is 17.2. The number of rotatable bonds is 4. The van der Waals surface area contributed by atoms with Crippen LogP contribution in [0, 0.1) is 6.92 Å². The maximum Gasteiger partial charge on any atom is 0.277 e. The second-order valence-corrected chi connectivity index (χ2v) is 7.40. The molecule has 0 saturated heterocycles. The fraction of sp³-hybridized carbons (Fsp3) is 0.222. The minimum absolute atomic E-state index is 0.531. The number of aryl methyl sites for hydroxylation is 1. The summed E-state index contributed by atoms with van der Waals surface area (Å²) in [5.41, 5.74) is 3.20. The normalized spacial score (nSPS) is 13.0. The van der Waals surface area contributed by atoms with Crippen LogP contribution >= 0.6 is 27.7 Å². The quantitative estimate of drug-likeness (QED) is 0.563. The Morgan fingerprint density at radius 1 is 1.04 bits per heavy atom. The fourth-order valence-corrected chi connectivity index (χ4v) is 3.84. The number of ether oxygens (including phenoxy) is 2. The van der Waals surface area contributed by atoms with Crippen LogP contribution < -0.4 is 9.47 Å². The van der Waals surface area contributed by atoms with Crippen molar-refractivity contribution in [3.8, 4) is 23.0 Å². The Hall–Kier alpha value is -1.99. The highest BCUT2D eigenvalue weighted by molar-refractivity contribution is 9.10. The second kappa shape index (κ2) is 7.09. The average molecular weight is 419 g/mol. The SMILES string of the molecule is Cc1ccc(-c2nnc(SCc3cc4c(cc3Br)OCCO4)o2)cc1. The lowest BCUT2D eigenvalue weighted by Gasteiger charge is -2.19. The van der Waals surface area contributed by atoms with Crippen LogP contribution in [0.15, 0.2) is 50.5 Å². The zero-order valence-corrected chi connectivity index (χ0v) is 15.9. The van der Waals surface area contributed by atoms with Crippen LogP contribution in [-0.4, -0.2) is 23.4 Å². The Bertz CT molecular complexity index is 896. The predicted molar refractivity (Wildman–Crippen MR) is 99.2 cm³/mol. The third-order valence-corrected chi connectivity index (χ3v) is 5.37. The minimum Gasteiger partial charge on any atom is -0.486 e. The van der Waals surface area contributed by atoms with Gasteiger partial charge in [-0.15, -0.1) is 10.2 Å². The molecule has 0 aliphatic carbocycles. The Labute approximate surface area is 157 Å². The van der Waals surface area contributed by atoms with Gasteiger partial charge in [-0.05, 0) is 36.8 Å². The van der Waals surface area contributed by atoms with Crippen LogP contribution in [0.2, 0.25) is 0 Å². The van der Waals surface area contributed by atoms with E-state index in [0.717, 1.165) is 27.1 Å². The standard InChI is InChI=1S/C18H15BrN2O3S/c1-11-2-4-12(5-3-11)17-20-21-18(24-17)25-10-13-8-15-16(9-14(13)19)23-7-6-22-15/h2-5,8-9H,6-7,10H2,1H3. The summed E-state index contributed by atoms with van der Waals surface area (Å²) >= 11 is 5.07. The first-order valence-electron chi connectivity index (χ1n) is 7.80. The summed E-state index contributed by atoms with van der Waals surface area (Å²) in [7, 11) is 0. The van der Waals surface area contributed by atoms with Crippen molar-refractivity contribution in [2.24, 2.45) is 0 Å². The van der Waals surface area contributed by atoms with E-state index in [1.807, 2.05) is 43.3 Å². The molecule has 0 unspecified atom stereocenters. The molecular formula is C18H15BrN2O3S. The first kappa shape index (κ1) is 16.5. The molecule has 2 aromatic carbocycles. The van der Waals surface area contributed by atoms with Crippen molar-refractivity contribution < 1.29 is 13.9 Å². The lowest BCUT2D eigenvalue weighted by molar-refractivity contribution is 0.171. The first-order chi connectivity index (χ1) is 12.2. The summed E-state index contributed by atoms with van der Waals surface area (Å²) in [6, 6.07) is 11.9. The van der Waals surface area contributed by atoms with Crippen LogP contribution in [0.3, 0.4) is 0 Å². The molecule has 1 aromatic heterocycles. The summed E-state index contributed by atoms with van der Waals surface area (Å²) in [5, 5.41) is 8.79. The molecule has 0 saturated carbocycles. The smallest absolute Gasteiger partial charge is 0.277 e. The van der Waals surface area contributed by atoms with Gasteiger partial charge in [-0.2, -0.15) is 0 Å². The molecule has 0 amide bonds. The van der Waals surface area contributed by atoms with E-state index in [1.165, 1.54) is 17.3 Å². The molecular weight excluding hydrogens is 404 g/mol. The molecule has 1 aliphatic rings. The van der Waals surface area contributed by atoms with Gasteiger partial charge in [0.1, 0.15) is 13.2 Å². The van der Waals surface area contributed by atoms with Gasteiger partial charge in [0.15, 0.2) is 11.5 Å². The molecule has 2 heterocycles. The van der Waals surface area contributed by atoms with E-state index in [1.54, 1.807) is 0 Å². The number of benzene rings is 2. The van der Waals surface area contributed by atoms with E-state index in [4.69, 9.17) is 13.9 Å². The van der Waals surface area contributed by atoms with Crippen LogP contribution in [0.25, 0.3) is 11.5 Å². The maximum absolute atomic E-state index is 5.75. The van der Waals surface area contributed by atoms with E-state index in [-0.39, 0.29) is 0 Å². The highest BCUT2D eigenvalue weighted by Gasteiger charge is 2.16. The Morgan fingerprint density at radius 2 is 1.76 bits per heavy atom. The van der Waals surface area contributed by atoms with Crippen molar-refractivity contribution in [2.75, 3.05) is 13.2 Å². The van der Waals surface area contributed by atoms with Gasteiger partial charge in [0.25, 0.3) is 5.22 Å². The molecule has 4 rings (SSSR count). The molecule has 0 bridgehead atoms. The molecule has 1 aliphatic heterocycles. The summed E-state index contributed by atoms with van der Waals surface area (Å²) in [6.45, 7) is 3.20. The number of aromatic nitrogens is 2. The predicted octanol–water partition coefficient (Wildman–Crippen LogP) is 4.87. The van der Waals surface area contributed by atoms with Crippen LogP contribution in [0.1, 0.15) is 11.1 Å². The molecule has 0 atom stereocenters. The minimum atomic E-state index is 0.531. The Morgan fingerprint density at radius 3 is 2.52 bits per heavy atom. The second-order valence-electron chi connectivity index (χ2n) is 5.62.